The Morgan fingerprint density at radius 2 is 2.22 bits per heavy atom. The molecule has 1 aliphatic carbocycles. The zero-order valence-corrected chi connectivity index (χ0v) is 10.8. The monoisotopic (exact) mass is 249 g/mol. The zero-order valence-electron chi connectivity index (χ0n) is 10.8. The van der Waals surface area contributed by atoms with E-state index in [0.717, 1.165) is 17.7 Å². The van der Waals surface area contributed by atoms with Gasteiger partial charge in [-0.3, -0.25) is 4.79 Å². The van der Waals surface area contributed by atoms with E-state index in [4.69, 9.17) is 4.74 Å². The van der Waals surface area contributed by atoms with E-state index in [0.29, 0.717) is 12.8 Å². The van der Waals surface area contributed by atoms with Crippen LogP contribution in [0.5, 0.6) is 5.75 Å². The molecule has 0 saturated heterocycles. The van der Waals surface area contributed by atoms with Gasteiger partial charge in [0.15, 0.2) is 0 Å². The second-order valence-corrected chi connectivity index (χ2v) is 4.89. The molecular formula is C14H19NO3. The number of hydrogen-bond donors (Lipinski definition) is 2. The van der Waals surface area contributed by atoms with Gasteiger partial charge in [-0.15, -0.1) is 0 Å². The van der Waals surface area contributed by atoms with Gasteiger partial charge in [-0.1, -0.05) is 18.2 Å². The molecule has 1 saturated carbocycles. The van der Waals surface area contributed by atoms with Crippen molar-refractivity contribution in [3.8, 4) is 5.75 Å². The van der Waals surface area contributed by atoms with Crippen LogP contribution in [0.3, 0.4) is 0 Å². The van der Waals surface area contributed by atoms with Crippen LogP contribution in [0, 0.1) is 6.92 Å². The maximum atomic E-state index is 11.3. The molecule has 1 aromatic carbocycles. The molecule has 1 aliphatic rings. The van der Waals surface area contributed by atoms with E-state index in [1.807, 2.05) is 31.2 Å². The summed E-state index contributed by atoms with van der Waals surface area (Å²) >= 11 is 0. The zero-order chi connectivity index (χ0) is 13.2. The number of carbonyl (C=O) groups is 1. The van der Waals surface area contributed by atoms with E-state index in [1.54, 1.807) is 7.05 Å². The fraction of sp³-hybridized carbons (Fsp3) is 0.500. The molecule has 2 N–H and O–H groups in total. The highest BCUT2D eigenvalue weighted by atomic mass is 16.5. The first-order chi connectivity index (χ1) is 8.57. The number of hydrogen-bond acceptors (Lipinski definition) is 3. The predicted octanol–water partition coefficient (Wildman–Crippen LogP) is 1.97. The van der Waals surface area contributed by atoms with E-state index >= 15 is 0 Å². The summed E-state index contributed by atoms with van der Waals surface area (Å²) in [4.78, 5) is 11.3. The standard InChI is InChI=1S/C14H19NO3/c1-10-5-3-4-6-12(10)18-11-7-8-14(9-11,15-2)13(16)17/h3-6,11,15H,7-9H2,1-2H3,(H,16,17). The number of para-hydroxylation sites is 1. The van der Waals surface area contributed by atoms with Gasteiger partial charge >= 0.3 is 5.97 Å². The minimum Gasteiger partial charge on any atom is -0.490 e. The van der Waals surface area contributed by atoms with Crippen molar-refractivity contribution in [1.29, 1.82) is 0 Å². The average Bonchev–Trinajstić information content (AvgIpc) is 2.77. The Balaban J connectivity index is 2.06. The molecule has 2 atom stereocenters. The number of aryl methyl sites for hydroxylation is 1. The number of carboxylic acids is 1. The van der Waals surface area contributed by atoms with Crippen LogP contribution in [0.25, 0.3) is 0 Å². The number of aliphatic carboxylic acids is 1. The summed E-state index contributed by atoms with van der Waals surface area (Å²) < 4.78 is 5.91. The Kier molecular flexibility index (Phi) is 3.57. The second kappa shape index (κ2) is 4.98. The highest BCUT2D eigenvalue weighted by Gasteiger charge is 2.45. The van der Waals surface area contributed by atoms with Crippen molar-refractivity contribution in [2.75, 3.05) is 7.05 Å². The smallest absolute Gasteiger partial charge is 0.324 e. The van der Waals surface area contributed by atoms with E-state index in [-0.39, 0.29) is 6.10 Å². The van der Waals surface area contributed by atoms with Crippen molar-refractivity contribution in [3.63, 3.8) is 0 Å². The third-order valence-corrected chi connectivity index (χ3v) is 3.74. The van der Waals surface area contributed by atoms with Gasteiger partial charge in [0, 0.05) is 6.42 Å². The van der Waals surface area contributed by atoms with Crippen LogP contribution in [-0.2, 0) is 4.79 Å². The third-order valence-electron chi connectivity index (χ3n) is 3.74. The van der Waals surface area contributed by atoms with Gasteiger partial charge in [-0.25, -0.2) is 0 Å². The van der Waals surface area contributed by atoms with E-state index in [2.05, 4.69) is 5.32 Å². The fourth-order valence-corrected chi connectivity index (χ4v) is 2.50. The summed E-state index contributed by atoms with van der Waals surface area (Å²) in [6, 6.07) is 7.81. The second-order valence-electron chi connectivity index (χ2n) is 4.89. The van der Waals surface area contributed by atoms with Crippen molar-refractivity contribution >= 4 is 5.97 Å². The quantitative estimate of drug-likeness (QED) is 0.856. The molecule has 4 heteroatoms. The molecule has 18 heavy (non-hydrogen) atoms. The SMILES string of the molecule is CNC1(C(=O)O)CCC(Oc2ccccc2C)C1. The first-order valence-electron chi connectivity index (χ1n) is 6.22. The summed E-state index contributed by atoms with van der Waals surface area (Å²) in [6.07, 6.45) is 1.85. The fourth-order valence-electron chi connectivity index (χ4n) is 2.50. The van der Waals surface area contributed by atoms with Gasteiger partial charge in [0.05, 0.1) is 0 Å². The minimum absolute atomic E-state index is 0.0327. The summed E-state index contributed by atoms with van der Waals surface area (Å²) in [5.74, 6) is 0.0562. The van der Waals surface area contributed by atoms with E-state index < -0.39 is 11.5 Å². The van der Waals surface area contributed by atoms with Gasteiger partial charge in [-0.2, -0.15) is 0 Å². The van der Waals surface area contributed by atoms with Crippen LogP contribution >= 0.6 is 0 Å². The maximum absolute atomic E-state index is 11.3. The number of likely N-dealkylation sites (N-methyl/N-ethyl adjacent to an activating group) is 1. The molecule has 1 aromatic rings. The lowest BCUT2D eigenvalue weighted by molar-refractivity contribution is -0.144. The molecule has 1 fully saturated rings. The van der Waals surface area contributed by atoms with Crippen LogP contribution in [0.15, 0.2) is 24.3 Å². The lowest BCUT2D eigenvalue weighted by Crippen LogP contribution is -2.48. The molecule has 0 heterocycles. The van der Waals surface area contributed by atoms with Gasteiger partial charge in [0.1, 0.15) is 17.4 Å². The largest absolute Gasteiger partial charge is 0.490 e. The molecular weight excluding hydrogens is 230 g/mol. The summed E-state index contributed by atoms with van der Waals surface area (Å²) in [7, 11) is 1.70. The Morgan fingerprint density at radius 1 is 1.50 bits per heavy atom. The molecule has 2 rings (SSSR count). The van der Waals surface area contributed by atoms with Crippen molar-refractivity contribution in [1.82, 2.24) is 5.32 Å². The molecule has 98 valence electrons. The molecule has 0 bridgehead atoms. The number of carboxylic acid groups (broad SMARTS) is 1. The first kappa shape index (κ1) is 12.9. The van der Waals surface area contributed by atoms with Crippen LogP contribution in [0.2, 0.25) is 0 Å². The Bertz CT molecular complexity index is 446. The van der Waals surface area contributed by atoms with Crippen LogP contribution in [-0.4, -0.2) is 29.8 Å². The molecule has 0 aliphatic heterocycles. The lowest BCUT2D eigenvalue weighted by Gasteiger charge is -2.23. The topological polar surface area (TPSA) is 58.6 Å². The third kappa shape index (κ3) is 2.34. The molecule has 4 nitrogen and oxygen atoms in total. The normalized spacial score (nSPS) is 27.1. The highest BCUT2D eigenvalue weighted by Crippen LogP contribution is 2.33. The predicted molar refractivity (Wildman–Crippen MR) is 68.9 cm³/mol. The van der Waals surface area contributed by atoms with Gasteiger partial charge in [0.2, 0.25) is 0 Å². The van der Waals surface area contributed by atoms with Crippen LogP contribution < -0.4 is 10.1 Å². The van der Waals surface area contributed by atoms with Crippen LogP contribution in [0.4, 0.5) is 0 Å². The van der Waals surface area contributed by atoms with Gasteiger partial charge in [0.25, 0.3) is 0 Å². The van der Waals surface area contributed by atoms with Crippen molar-refractivity contribution < 1.29 is 14.6 Å². The number of ether oxygens (including phenoxy) is 1. The number of benzene rings is 1. The summed E-state index contributed by atoms with van der Waals surface area (Å²) in [5, 5.41) is 12.2. The highest BCUT2D eigenvalue weighted by molar-refractivity contribution is 5.79. The first-order valence-corrected chi connectivity index (χ1v) is 6.22. The molecule has 0 spiro atoms. The molecule has 2 unspecified atom stereocenters. The van der Waals surface area contributed by atoms with Crippen LogP contribution in [0.1, 0.15) is 24.8 Å². The van der Waals surface area contributed by atoms with Crippen molar-refractivity contribution in [2.24, 2.45) is 0 Å². The maximum Gasteiger partial charge on any atom is 0.324 e. The number of nitrogens with one attached hydrogen (secondary N) is 1. The molecule has 0 radical (unpaired) electrons. The van der Waals surface area contributed by atoms with E-state index in [9.17, 15) is 9.90 Å². The Labute approximate surface area is 107 Å². The minimum atomic E-state index is -0.826. The Morgan fingerprint density at radius 3 is 2.78 bits per heavy atom. The molecule has 0 aromatic heterocycles. The van der Waals surface area contributed by atoms with Crippen molar-refractivity contribution in [2.45, 2.75) is 37.8 Å². The van der Waals surface area contributed by atoms with Crippen molar-refractivity contribution in [3.05, 3.63) is 29.8 Å². The van der Waals surface area contributed by atoms with Gasteiger partial charge < -0.3 is 15.2 Å². The lowest BCUT2D eigenvalue weighted by atomic mass is 9.98. The average molecular weight is 249 g/mol. The molecule has 0 amide bonds. The van der Waals surface area contributed by atoms with E-state index in [1.165, 1.54) is 0 Å². The number of rotatable bonds is 4. The summed E-state index contributed by atoms with van der Waals surface area (Å²) in [5.41, 5.74) is 0.252. The van der Waals surface area contributed by atoms with Gasteiger partial charge in [-0.05, 0) is 38.4 Å². The Hall–Kier alpha value is -1.55. The summed E-state index contributed by atoms with van der Waals surface area (Å²) in [6.45, 7) is 1.99.